The molecule has 0 amide bonds. The average molecular weight is 257 g/mol. The third kappa shape index (κ3) is 2.59. The molecule has 1 saturated carbocycles. The van der Waals surface area contributed by atoms with E-state index in [9.17, 15) is 0 Å². The van der Waals surface area contributed by atoms with Crippen molar-refractivity contribution in [3.05, 3.63) is 30.3 Å². The van der Waals surface area contributed by atoms with Crippen LogP contribution in [0.4, 0.5) is 5.95 Å². The van der Waals surface area contributed by atoms with Crippen molar-refractivity contribution in [1.29, 1.82) is 0 Å². The topological polar surface area (TPSA) is 55.6 Å². The smallest absolute Gasteiger partial charge is 0.247 e. The van der Waals surface area contributed by atoms with Crippen LogP contribution < -0.4 is 5.32 Å². The number of nitrogens with one attached hydrogen (secondary N) is 1. The molecular weight excluding hydrogens is 238 g/mol. The zero-order valence-corrected chi connectivity index (χ0v) is 11.2. The number of rotatable bonds is 4. The normalized spacial score (nSPS) is 22.6. The van der Waals surface area contributed by atoms with Crippen LogP contribution in [0.2, 0.25) is 0 Å². The van der Waals surface area contributed by atoms with Gasteiger partial charge in [-0.2, -0.15) is 4.68 Å². The monoisotopic (exact) mass is 257 g/mol. The fourth-order valence-electron chi connectivity index (χ4n) is 2.79. The minimum Gasteiger partial charge on any atom is -0.352 e. The zero-order valence-electron chi connectivity index (χ0n) is 11.2. The molecule has 0 bridgehead atoms. The molecule has 100 valence electrons. The van der Waals surface area contributed by atoms with Crippen LogP contribution in [0.1, 0.15) is 26.2 Å². The Morgan fingerprint density at radius 3 is 2.84 bits per heavy atom. The SMILES string of the molecule is CC1CCCC1CNc1nnnn1-c1ccccc1. The van der Waals surface area contributed by atoms with Crippen LogP contribution in [0.5, 0.6) is 0 Å². The molecule has 1 aliphatic rings. The Morgan fingerprint density at radius 2 is 2.11 bits per heavy atom. The van der Waals surface area contributed by atoms with Crippen LogP contribution in [0, 0.1) is 11.8 Å². The Morgan fingerprint density at radius 1 is 1.26 bits per heavy atom. The van der Waals surface area contributed by atoms with Gasteiger partial charge in [0.15, 0.2) is 0 Å². The number of nitrogens with zero attached hydrogens (tertiary/aromatic N) is 4. The zero-order chi connectivity index (χ0) is 13.1. The van der Waals surface area contributed by atoms with Crippen molar-refractivity contribution in [2.75, 3.05) is 11.9 Å². The number of benzene rings is 1. The van der Waals surface area contributed by atoms with Gasteiger partial charge in [-0.1, -0.05) is 43.1 Å². The second-order valence-corrected chi connectivity index (χ2v) is 5.30. The van der Waals surface area contributed by atoms with Gasteiger partial charge < -0.3 is 5.32 Å². The molecule has 0 saturated heterocycles. The lowest BCUT2D eigenvalue weighted by atomic mass is 9.98. The quantitative estimate of drug-likeness (QED) is 0.914. The molecule has 0 aliphatic heterocycles. The van der Waals surface area contributed by atoms with Crippen molar-refractivity contribution in [2.45, 2.75) is 26.2 Å². The maximum absolute atomic E-state index is 4.07. The summed E-state index contributed by atoms with van der Waals surface area (Å²) < 4.78 is 1.75. The molecule has 2 aromatic rings. The maximum Gasteiger partial charge on any atom is 0.247 e. The van der Waals surface area contributed by atoms with Gasteiger partial charge in [-0.25, -0.2) is 0 Å². The van der Waals surface area contributed by atoms with Crippen LogP contribution >= 0.6 is 0 Å². The van der Waals surface area contributed by atoms with Crippen LogP contribution in [0.15, 0.2) is 30.3 Å². The third-order valence-electron chi connectivity index (χ3n) is 4.03. The Balaban J connectivity index is 1.71. The molecule has 0 radical (unpaired) electrons. The van der Waals surface area contributed by atoms with E-state index >= 15 is 0 Å². The Hall–Kier alpha value is -1.91. The lowest BCUT2D eigenvalue weighted by Gasteiger charge is -2.16. The number of anilines is 1. The molecule has 1 fully saturated rings. The lowest BCUT2D eigenvalue weighted by Crippen LogP contribution is -2.18. The van der Waals surface area contributed by atoms with Gasteiger partial charge in [0.2, 0.25) is 5.95 Å². The van der Waals surface area contributed by atoms with E-state index < -0.39 is 0 Å². The Bertz CT molecular complexity index is 522. The fraction of sp³-hybridized carbons (Fsp3) is 0.500. The van der Waals surface area contributed by atoms with Crippen molar-refractivity contribution in [2.24, 2.45) is 11.8 Å². The predicted molar refractivity (Wildman–Crippen MR) is 74.1 cm³/mol. The molecule has 5 nitrogen and oxygen atoms in total. The average Bonchev–Trinajstić information content (AvgIpc) is 3.06. The van der Waals surface area contributed by atoms with E-state index in [2.05, 4.69) is 27.8 Å². The molecular formula is C14H19N5. The summed E-state index contributed by atoms with van der Waals surface area (Å²) in [5.41, 5.74) is 0.981. The van der Waals surface area contributed by atoms with Crippen LogP contribution in [-0.4, -0.2) is 26.8 Å². The van der Waals surface area contributed by atoms with Gasteiger partial charge in [0.05, 0.1) is 5.69 Å². The molecule has 1 aromatic heterocycles. The summed E-state index contributed by atoms with van der Waals surface area (Å²) in [5.74, 6) is 2.26. The van der Waals surface area contributed by atoms with Gasteiger partial charge in [-0.05, 0) is 40.8 Å². The summed E-state index contributed by atoms with van der Waals surface area (Å²) in [7, 11) is 0. The molecule has 19 heavy (non-hydrogen) atoms. The first kappa shape index (κ1) is 12.1. The van der Waals surface area contributed by atoms with E-state index in [0.29, 0.717) is 0 Å². The van der Waals surface area contributed by atoms with Crippen molar-refractivity contribution in [1.82, 2.24) is 20.2 Å². The fourth-order valence-corrected chi connectivity index (χ4v) is 2.79. The van der Waals surface area contributed by atoms with Crippen molar-refractivity contribution in [3.8, 4) is 5.69 Å². The molecule has 1 N–H and O–H groups in total. The van der Waals surface area contributed by atoms with E-state index in [0.717, 1.165) is 30.0 Å². The molecule has 2 unspecified atom stereocenters. The number of para-hydroxylation sites is 1. The molecule has 1 heterocycles. The van der Waals surface area contributed by atoms with E-state index in [1.807, 2.05) is 30.3 Å². The lowest BCUT2D eigenvalue weighted by molar-refractivity contribution is 0.438. The van der Waals surface area contributed by atoms with Gasteiger partial charge in [0.1, 0.15) is 0 Å². The highest BCUT2D eigenvalue weighted by atomic mass is 15.6. The Labute approximate surface area is 113 Å². The van der Waals surface area contributed by atoms with Crippen molar-refractivity contribution >= 4 is 5.95 Å². The van der Waals surface area contributed by atoms with Crippen molar-refractivity contribution < 1.29 is 0 Å². The number of tetrazole rings is 1. The summed E-state index contributed by atoms with van der Waals surface area (Å²) in [4.78, 5) is 0. The highest BCUT2D eigenvalue weighted by Crippen LogP contribution is 2.31. The third-order valence-corrected chi connectivity index (χ3v) is 4.03. The van der Waals surface area contributed by atoms with Gasteiger partial charge in [-0.15, -0.1) is 0 Å². The van der Waals surface area contributed by atoms with E-state index in [4.69, 9.17) is 0 Å². The van der Waals surface area contributed by atoms with Gasteiger partial charge in [0, 0.05) is 6.54 Å². The first-order valence-electron chi connectivity index (χ1n) is 6.92. The molecule has 0 spiro atoms. The second-order valence-electron chi connectivity index (χ2n) is 5.30. The first-order chi connectivity index (χ1) is 9.34. The summed E-state index contributed by atoms with van der Waals surface area (Å²) in [5, 5.41) is 15.3. The van der Waals surface area contributed by atoms with Gasteiger partial charge >= 0.3 is 0 Å². The predicted octanol–water partition coefficient (Wildman–Crippen LogP) is 2.51. The molecule has 1 aliphatic carbocycles. The van der Waals surface area contributed by atoms with Crippen LogP contribution in [-0.2, 0) is 0 Å². The summed E-state index contributed by atoms with van der Waals surface area (Å²) >= 11 is 0. The highest BCUT2D eigenvalue weighted by molar-refractivity contribution is 5.38. The number of hydrogen-bond acceptors (Lipinski definition) is 4. The maximum atomic E-state index is 4.07. The molecule has 5 heteroatoms. The second kappa shape index (κ2) is 5.38. The number of hydrogen-bond donors (Lipinski definition) is 1. The van der Waals surface area contributed by atoms with E-state index in [1.54, 1.807) is 4.68 Å². The standard InChI is InChI=1S/C14H19N5/c1-11-6-5-7-12(11)10-15-14-16-17-18-19(14)13-8-3-2-4-9-13/h2-4,8-9,11-12H,5-7,10H2,1H3,(H,15,16,18). The Kier molecular flexibility index (Phi) is 3.44. The van der Waals surface area contributed by atoms with E-state index in [1.165, 1.54) is 19.3 Å². The minimum absolute atomic E-state index is 0.727. The van der Waals surface area contributed by atoms with Gasteiger partial charge in [0.25, 0.3) is 0 Å². The van der Waals surface area contributed by atoms with Gasteiger partial charge in [-0.3, -0.25) is 0 Å². The molecule has 1 aromatic carbocycles. The van der Waals surface area contributed by atoms with Crippen LogP contribution in [0.25, 0.3) is 5.69 Å². The number of aromatic nitrogens is 4. The van der Waals surface area contributed by atoms with Crippen LogP contribution in [0.3, 0.4) is 0 Å². The minimum atomic E-state index is 0.727. The summed E-state index contributed by atoms with van der Waals surface area (Å²) in [6, 6.07) is 9.96. The van der Waals surface area contributed by atoms with Crippen molar-refractivity contribution in [3.63, 3.8) is 0 Å². The summed E-state index contributed by atoms with van der Waals surface area (Å²) in [6.07, 6.45) is 3.99. The molecule has 2 atom stereocenters. The largest absolute Gasteiger partial charge is 0.352 e. The van der Waals surface area contributed by atoms with E-state index in [-0.39, 0.29) is 0 Å². The first-order valence-corrected chi connectivity index (χ1v) is 6.92. The highest BCUT2D eigenvalue weighted by Gasteiger charge is 2.23. The molecule has 3 rings (SSSR count). The summed E-state index contributed by atoms with van der Waals surface area (Å²) in [6.45, 7) is 3.29.